The molecule has 3 aromatic heterocycles. The molecule has 0 aromatic carbocycles. The summed E-state index contributed by atoms with van der Waals surface area (Å²) in [5.74, 6) is 1.01. The molecule has 1 atom stereocenters. The second-order valence-corrected chi connectivity index (χ2v) is 4.52. The summed E-state index contributed by atoms with van der Waals surface area (Å²) in [5, 5.41) is 0. The van der Waals surface area contributed by atoms with Crippen molar-refractivity contribution in [3.63, 3.8) is 0 Å². The number of nitrogens with two attached hydrogens (primary N) is 1. The molecule has 0 bridgehead atoms. The van der Waals surface area contributed by atoms with Gasteiger partial charge in [0.1, 0.15) is 5.82 Å². The maximum absolute atomic E-state index is 6.29. The first kappa shape index (κ1) is 11.0. The minimum atomic E-state index is -0.0454. The van der Waals surface area contributed by atoms with Crippen molar-refractivity contribution in [2.24, 2.45) is 12.8 Å². The van der Waals surface area contributed by atoms with Gasteiger partial charge < -0.3 is 14.7 Å². The van der Waals surface area contributed by atoms with E-state index in [1.165, 1.54) is 5.52 Å². The number of aromatic nitrogens is 3. The Morgan fingerprint density at radius 2 is 2.11 bits per heavy atom. The van der Waals surface area contributed by atoms with Gasteiger partial charge >= 0.3 is 0 Å². The third kappa shape index (κ3) is 1.80. The van der Waals surface area contributed by atoms with E-state index in [9.17, 15) is 0 Å². The molecular formula is C14H16N4. The van der Waals surface area contributed by atoms with Crippen LogP contribution in [0.25, 0.3) is 5.52 Å². The molecule has 3 heterocycles. The van der Waals surface area contributed by atoms with Gasteiger partial charge in [-0.05, 0) is 24.3 Å². The molecule has 4 nitrogen and oxygen atoms in total. The van der Waals surface area contributed by atoms with Crippen LogP contribution in [0.2, 0.25) is 0 Å². The van der Waals surface area contributed by atoms with Gasteiger partial charge in [-0.3, -0.25) is 0 Å². The molecule has 92 valence electrons. The third-order valence-corrected chi connectivity index (χ3v) is 3.30. The summed E-state index contributed by atoms with van der Waals surface area (Å²) in [7, 11) is 1.99. The zero-order valence-electron chi connectivity index (χ0n) is 10.3. The largest absolute Gasteiger partial charge is 0.338 e. The molecule has 0 saturated heterocycles. The lowest BCUT2D eigenvalue weighted by Crippen LogP contribution is -2.17. The molecule has 3 rings (SSSR count). The van der Waals surface area contributed by atoms with Crippen molar-refractivity contribution in [3.05, 3.63) is 60.4 Å². The predicted octanol–water partition coefficient (Wildman–Crippen LogP) is 1.92. The fraction of sp³-hybridized carbons (Fsp3) is 0.214. The fourth-order valence-electron chi connectivity index (χ4n) is 2.28. The minimum Gasteiger partial charge on any atom is -0.338 e. The van der Waals surface area contributed by atoms with Crippen LogP contribution in [0.5, 0.6) is 0 Å². The molecule has 0 saturated carbocycles. The maximum atomic E-state index is 6.29. The van der Waals surface area contributed by atoms with Crippen LogP contribution in [0.1, 0.15) is 17.6 Å². The second kappa shape index (κ2) is 4.31. The summed E-state index contributed by atoms with van der Waals surface area (Å²) < 4.78 is 4.14. The molecule has 0 radical (unpaired) electrons. The zero-order chi connectivity index (χ0) is 12.5. The summed E-state index contributed by atoms with van der Waals surface area (Å²) in [6.07, 6.45) is 6.53. The van der Waals surface area contributed by atoms with Crippen molar-refractivity contribution in [2.75, 3.05) is 0 Å². The first-order chi connectivity index (χ1) is 8.75. The monoisotopic (exact) mass is 240 g/mol. The number of imidazole rings is 1. The number of hydrogen-bond donors (Lipinski definition) is 1. The van der Waals surface area contributed by atoms with Crippen molar-refractivity contribution in [1.82, 2.24) is 14.0 Å². The smallest absolute Gasteiger partial charge is 0.110 e. The number of pyridine rings is 1. The van der Waals surface area contributed by atoms with E-state index in [4.69, 9.17) is 5.73 Å². The molecule has 0 aliphatic carbocycles. The van der Waals surface area contributed by atoms with E-state index in [1.807, 2.05) is 36.1 Å². The number of rotatable bonds is 3. The summed E-state index contributed by atoms with van der Waals surface area (Å²) in [6.45, 7) is 0. The highest BCUT2D eigenvalue weighted by Crippen LogP contribution is 2.18. The summed E-state index contributed by atoms with van der Waals surface area (Å²) >= 11 is 0. The Labute approximate surface area is 106 Å². The Morgan fingerprint density at radius 1 is 1.22 bits per heavy atom. The summed E-state index contributed by atoms with van der Waals surface area (Å²) in [5.41, 5.74) is 8.58. The molecule has 0 spiro atoms. The average Bonchev–Trinajstić information content (AvgIpc) is 2.96. The normalized spacial score (nSPS) is 13.0. The van der Waals surface area contributed by atoms with Gasteiger partial charge in [0, 0.05) is 43.3 Å². The van der Waals surface area contributed by atoms with Crippen LogP contribution in [-0.2, 0) is 13.5 Å². The van der Waals surface area contributed by atoms with Gasteiger partial charge in [0.05, 0.1) is 6.04 Å². The Morgan fingerprint density at radius 3 is 2.89 bits per heavy atom. The van der Waals surface area contributed by atoms with Crippen LogP contribution >= 0.6 is 0 Å². The Balaban J connectivity index is 1.93. The van der Waals surface area contributed by atoms with Crippen LogP contribution in [-0.4, -0.2) is 14.0 Å². The molecule has 4 heteroatoms. The Hall–Kier alpha value is -2.07. The number of hydrogen-bond acceptors (Lipinski definition) is 2. The molecule has 1 unspecified atom stereocenters. The summed E-state index contributed by atoms with van der Waals surface area (Å²) in [4.78, 5) is 4.32. The highest BCUT2D eigenvalue weighted by Gasteiger charge is 2.13. The zero-order valence-corrected chi connectivity index (χ0v) is 10.3. The van der Waals surface area contributed by atoms with E-state index in [-0.39, 0.29) is 6.04 Å². The van der Waals surface area contributed by atoms with Gasteiger partial charge in [0.2, 0.25) is 0 Å². The molecule has 18 heavy (non-hydrogen) atoms. The van der Waals surface area contributed by atoms with E-state index in [1.54, 1.807) is 6.20 Å². The van der Waals surface area contributed by atoms with Gasteiger partial charge in [0.15, 0.2) is 0 Å². The lowest BCUT2D eigenvalue weighted by atomic mass is 10.1. The summed E-state index contributed by atoms with van der Waals surface area (Å²) in [6, 6.07) is 10.3. The van der Waals surface area contributed by atoms with Crippen LogP contribution in [0.4, 0.5) is 0 Å². The van der Waals surface area contributed by atoms with Crippen LogP contribution in [0.3, 0.4) is 0 Å². The van der Waals surface area contributed by atoms with E-state index in [0.717, 1.165) is 17.9 Å². The van der Waals surface area contributed by atoms with Crippen molar-refractivity contribution in [3.8, 4) is 0 Å². The van der Waals surface area contributed by atoms with Crippen LogP contribution in [0.15, 0.2) is 48.9 Å². The van der Waals surface area contributed by atoms with E-state index in [2.05, 4.69) is 27.6 Å². The van der Waals surface area contributed by atoms with Gasteiger partial charge in [-0.15, -0.1) is 0 Å². The van der Waals surface area contributed by atoms with Crippen LogP contribution < -0.4 is 5.73 Å². The lowest BCUT2D eigenvalue weighted by Gasteiger charge is -2.12. The minimum absolute atomic E-state index is 0.0454. The SMILES string of the molecule is Cn1ccnc1CC(N)c1ccc2ccccn12. The predicted molar refractivity (Wildman–Crippen MR) is 71.2 cm³/mol. The first-order valence-corrected chi connectivity index (χ1v) is 6.03. The van der Waals surface area contributed by atoms with Crippen molar-refractivity contribution < 1.29 is 0 Å². The molecule has 0 aliphatic heterocycles. The first-order valence-electron chi connectivity index (χ1n) is 6.03. The van der Waals surface area contributed by atoms with Gasteiger partial charge in [-0.2, -0.15) is 0 Å². The van der Waals surface area contributed by atoms with Crippen molar-refractivity contribution in [1.29, 1.82) is 0 Å². The standard InChI is InChI=1S/C14H16N4/c1-17-9-7-16-14(17)10-12(15)13-6-5-11-4-2-3-8-18(11)13/h2-9,12H,10,15H2,1H3. The van der Waals surface area contributed by atoms with Crippen molar-refractivity contribution >= 4 is 5.52 Å². The lowest BCUT2D eigenvalue weighted by molar-refractivity contribution is 0.639. The third-order valence-electron chi connectivity index (χ3n) is 3.30. The number of aryl methyl sites for hydroxylation is 1. The average molecular weight is 240 g/mol. The van der Waals surface area contributed by atoms with E-state index in [0.29, 0.717) is 0 Å². The second-order valence-electron chi connectivity index (χ2n) is 4.52. The Kier molecular flexibility index (Phi) is 2.64. The van der Waals surface area contributed by atoms with Gasteiger partial charge in [-0.25, -0.2) is 4.98 Å². The number of nitrogens with zero attached hydrogens (tertiary/aromatic N) is 3. The topological polar surface area (TPSA) is 48.2 Å². The molecule has 0 aliphatic rings. The van der Waals surface area contributed by atoms with Crippen LogP contribution in [0, 0.1) is 0 Å². The molecule has 2 N–H and O–H groups in total. The molecular weight excluding hydrogens is 224 g/mol. The molecule has 3 aromatic rings. The highest BCUT2D eigenvalue weighted by molar-refractivity contribution is 5.49. The molecule has 0 fully saturated rings. The van der Waals surface area contributed by atoms with Gasteiger partial charge in [-0.1, -0.05) is 6.07 Å². The quantitative estimate of drug-likeness (QED) is 0.760. The van der Waals surface area contributed by atoms with Gasteiger partial charge in [0.25, 0.3) is 0 Å². The molecule has 0 amide bonds. The maximum Gasteiger partial charge on any atom is 0.110 e. The van der Waals surface area contributed by atoms with E-state index >= 15 is 0 Å². The van der Waals surface area contributed by atoms with Crippen molar-refractivity contribution in [2.45, 2.75) is 12.5 Å². The van der Waals surface area contributed by atoms with E-state index < -0.39 is 0 Å². The fourth-order valence-corrected chi connectivity index (χ4v) is 2.28. The Bertz CT molecular complexity index is 665. The highest BCUT2D eigenvalue weighted by atomic mass is 15.0. The number of fused-ring (bicyclic) bond motifs is 1.